The first-order valence-corrected chi connectivity index (χ1v) is 14.0. The number of rotatable bonds is 6. The predicted molar refractivity (Wildman–Crippen MR) is 148 cm³/mol. The van der Waals surface area contributed by atoms with Gasteiger partial charge in [-0.1, -0.05) is 30.3 Å². The average molecular weight is 595 g/mol. The Morgan fingerprint density at radius 1 is 1.12 bits per heavy atom. The summed E-state index contributed by atoms with van der Waals surface area (Å²) in [6.45, 7) is 1.82. The average Bonchev–Trinajstić information content (AvgIpc) is 3.30. The van der Waals surface area contributed by atoms with Gasteiger partial charge in [0.25, 0.3) is 11.8 Å². The standard InChI is InChI=1S/C31H29F3N4O5/c1-17-7-8-31(11-25(39)36-16-31)24-14-37(17)30(42)26-28(43-15-18-5-3-2-4-6-18)27(40)21(13-38(24)26)29(41)35-12-20-22(33)9-19(32)10-23(20)34/h2-6,9-10,13,17,24H,7-8,11-12,14-16H2,1H3,(H,35,41)(H,36,39)/t17-,24+,31+/m0/s1. The highest BCUT2D eigenvalue weighted by atomic mass is 19.1. The Morgan fingerprint density at radius 3 is 2.51 bits per heavy atom. The van der Waals surface area contributed by atoms with Crippen molar-refractivity contribution in [3.8, 4) is 5.75 Å². The van der Waals surface area contributed by atoms with Crippen LogP contribution < -0.4 is 20.8 Å². The molecule has 0 saturated carbocycles. The van der Waals surface area contributed by atoms with E-state index in [9.17, 15) is 32.3 Å². The van der Waals surface area contributed by atoms with Crippen LogP contribution in [-0.4, -0.2) is 46.3 Å². The van der Waals surface area contributed by atoms with Crippen LogP contribution in [0.2, 0.25) is 0 Å². The molecule has 0 radical (unpaired) electrons. The van der Waals surface area contributed by atoms with E-state index in [2.05, 4.69) is 10.6 Å². The van der Waals surface area contributed by atoms with Gasteiger partial charge in [0.15, 0.2) is 11.4 Å². The largest absolute Gasteiger partial charge is 0.483 e. The minimum atomic E-state index is -1.19. The van der Waals surface area contributed by atoms with Crippen molar-refractivity contribution in [3.63, 3.8) is 0 Å². The number of ether oxygens (including phenoxy) is 1. The fourth-order valence-electron chi connectivity index (χ4n) is 6.41. The topological polar surface area (TPSA) is 110 Å². The number of nitrogens with zero attached hydrogens (tertiary/aromatic N) is 2. The lowest BCUT2D eigenvalue weighted by Gasteiger charge is -2.43. The van der Waals surface area contributed by atoms with E-state index in [-0.39, 0.29) is 43.0 Å². The molecular formula is C31H29F3N4O5. The zero-order valence-electron chi connectivity index (χ0n) is 23.3. The molecule has 1 spiro atoms. The van der Waals surface area contributed by atoms with Gasteiger partial charge in [-0.15, -0.1) is 0 Å². The van der Waals surface area contributed by atoms with Crippen molar-refractivity contribution in [2.45, 2.75) is 51.4 Å². The van der Waals surface area contributed by atoms with Crippen LogP contribution in [0.4, 0.5) is 13.2 Å². The fraction of sp³-hybridized carbons (Fsp3) is 0.355. The van der Waals surface area contributed by atoms with Gasteiger partial charge in [-0.3, -0.25) is 19.2 Å². The number of halogens is 3. The summed E-state index contributed by atoms with van der Waals surface area (Å²) in [5, 5.41) is 5.25. The first-order chi connectivity index (χ1) is 20.6. The molecule has 3 aromatic rings. The number of hydrogen-bond acceptors (Lipinski definition) is 5. The molecular weight excluding hydrogens is 565 g/mol. The van der Waals surface area contributed by atoms with Gasteiger partial charge in [-0.25, -0.2) is 13.2 Å². The van der Waals surface area contributed by atoms with Gasteiger partial charge in [0.1, 0.15) is 29.6 Å². The summed E-state index contributed by atoms with van der Waals surface area (Å²) in [6.07, 6.45) is 2.75. The molecule has 6 rings (SSSR count). The normalized spacial score (nSPS) is 22.7. The molecule has 0 unspecified atom stereocenters. The van der Waals surface area contributed by atoms with Gasteiger partial charge >= 0.3 is 0 Å². The quantitative estimate of drug-likeness (QED) is 0.455. The molecule has 1 aromatic heterocycles. The SMILES string of the molecule is C[C@H]1CC[C@@]2(CNC(=O)C2)[C@H]2CN1C(=O)c1c(OCc3ccccc3)c(=O)c(C(=O)NCc3c(F)cc(F)cc3F)cn12. The van der Waals surface area contributed by atoms with Gasteiger partial charge in [-0.05, 0) is 25.3 Å². The Bertz CT molecular complexity index is 1670. The lowest BCUT2D eigenvalue weighted by Crippen LogP contribution is -2.51. The number of carbonyl (C=O) groups is 3. The highest BCUT2D eigenvalue weighted by molar-refractivity contribution is 5.99. The molecule has 12 heteroatoms. The van der Waals surface area contributed by atoms with Crippen molar-refractivity contribution >= 4 is 17.7 Å². The van der Waals surface area contributed by atoms with E-state index in [0.29, 0.717) is 37.1 Å². The van der Waals surface area contributed by atoms with E-state index in [1.165, 1.54) is 6.20 Å². The second-order valence-corrected chi connectivity index (χ2v) is 11.4. The van der Waals surface area contributed by atoms with E-state index < -0.39 is 63.8 Å². The second-order valence-electron chi connectivity index (χ2n) is 11.4. The van der Waals surface area contributed by atoms with Crippen LogP contribution in [0.15, 0.2) is 53.5 Å². The van der Waals surface area contributed by atoms with E-state index in [4.69, 9.17) is 4.74 Å². The summed E-state index contributed by atoms with van der Waals surface area (Å²) >= 11 is 0. The fourth-order valence-corrected chi connectivity index (χ4v) is 6.41. The molecule has 0 aliphatic carbocycles. The van der Waals surface area contributed by atoms with Crippen LogP contribution in [-0.2, 0) is 17.9 Å². The van der Waals surface area contributed by atoms with Crippen LogP contribution in [0, 0.1) is 22.9 Å². The molecule has 3 amide bonds. The van der Waals surface area contributed by atoms with Crippen molar-refractivity contribution in [1.82, 2.24) is 20.1 Å². The number of fused-ring (bicyclic) bond motifs is 5. The number of pyridine rings is 1. The second kappa shape index (κ2) is 10.9. The molecule has 2 bridgehead atoms. The lowest BCUT2D eigenvalue weighted by molar-refractivity contribution is -0.119. The van der Waals surface area contributed by atoms with Crippen LogP contribution in [0.1, 0.15) is 64.2 Å². The van der Waals surface area contributed by atoms with Gasteiger partial charge in [-0.2, -0.15) is 0 Å². The minimum Gasteiger partial charge on any atom is -0.483 e. The first-order valence-electron chi connectivity index (χ1n) is 14.0. The van der Waals surface area contributed by atoms with Crippen LogP contribution in [0.5, 0.6) is 5.75 Å². The summed E-state index contributed by atoms with van der Waals surface area (Å²) in [5.41, 5.74) is -1.73. The maximum absolute atomic E-state index is 14.3. The van der Waals surface area contributed by atoms with E-state index in [0.717, 1.165) is 0 Å². The van der Waals surface area contributed by atoms with E-state index in [1.54, 1.807) is 33.7 Å². The monoisotopic (exact) mass is 594 g/mol. The molecule has 43 heavy (non-hydrogen) atoms. The molecule has 3 aliphatic heterocycles. The number of hydrogen-bond donors (Lipinski definition) is 2. The number of benzene rings is 2. The third-order valence-electron chi connectivity index (χ3n) is 8.81. The van der Waals surface area contributed by atoms with E-state index in [1.807, 2.05) is 13.0 Å². The third-order valence-corrected chi connectivity index (χ3v) is 8.81. The van der Waals surface area contributed by atoms with Crippen molar-refractivity contribution in [2.24, 2.45) is 5.41 Å². The van der Waals surface area contributed by atoms with Gasteiger partial charge in [0, 0.05) is 61.4 Å². The van der Waals surface area contributed by atoms with Gasteiger partial charge < -0.3 is 24.8 Å². The molecule has 2 N–H and O–H groups in total. The molecule has 3 aliphatic rings. The summed E-state index contributed by atoms with van der Waals surface area (Å²) < 4.78 is 49.5. The van der Waals surface area contributed by atoms with Crippen LogP contribution >= 0.6 is 0 Å². The first kappa shape index (κ1) is 28.5. The number of nitrogens with one attached hydrogen (secondary N) is 2. The van der Waals surface area contributed by atoms with Crippen molar-refractivity contribution < 1.29 is 32.3 Å². The zero-order chi connectivity index (χ0) is 30.5. The maximum atomic E-state index is 14.3. The van der Waals surface area contributed by atoms with Crippen molar-refractivity contribution in [3.05, 3.63) is 98.7 Å². The highest BCUT2D eigenvalue weighted by Crippen LogP contribution is 2.49. The Balaban J connectivity index is 1.46. The lowest BCUT2D eigenvalue weighted by atomic mass is 9.75. The van der Waals surface area contributed by atoms with Crippen LogP contribution in [0.25, 0.3) is 0 Å². The Labute approximate surface area is 244 Å². The van der Waals surface area contributed by atoms with Crippen molar-refractivity contribution in [1.29, 1.82) is 0 Å². The van der Waals surface area contributed by atoms with Gasteiger partial charge in [0.2, 0.25) is 11.3 Å². The Kier molecular flexibility index (Phi) is 7.23. The molecule has 2 saturated heterocycles. The molecule has 9 nitrogen and oxygen atoms in total. The van der Waals surface area contributed by atoms with Crippen molar-refractivity contribution in [2.75, 3.05) is 13.1 Å². The molecule has 3 atom stereocenters. The number of aromatic nitrogens is 1. The number of carbonyl (C=O) groups excluding carboxylic acids is 3. The van der Waals surface area contributed by atoms with E-state index >= 15 is 0 Å². The van der Waals surface area contributed by atoms with Crippen LogP contribution in [0.3, 0.4) is 0 Å². The summed E-state index contributed by atoms with van der Waals surface area (Å²) in [6, 6.07) is 9.32. The summed E-state index contributed by atoms with van der Waals surface area (Å²) in [5.74, 6) is -5.32. The molecule has 2 aromatic carbocycles. The minimum absolute atomic E-state index is 0.0168. The Hall–Kier alpha value is -4.61. The number of amides is 3. The maximum Gasteiger partial charge on any atom is 0.274 e. The third kappa shape index (κ3) is 5.04. The summed E-state index contributed by atoms with van der Waals surface area (Å²) in [4.78, 5) is 55.4. The van der Waals surface area contributed by atoms with Gasteiger partial charge in [0.05, 0.1) is 6.04 Å². The molecule has 4 heterocycles. The summed E-state index contributed by atoms with van der Waals surface area (Å²) in [7, 11) is 0. The zero-order valence-corrected chi connectivity index (χ0v) is 23.3. The molecule has 224 valence electrons. The predicted octanol–water partition coefficient (Wildman–Crippen LogP) is 3.46. The highest BCUT2D eigenvalue weighted by Gasteiger charge is 2.52. The molecule has 2 fully saturated rings. The Morgan fingerprint density at radius 2 is 1.84 bits per heavy atom. The smallest absolute Gasteiger partial charge is 0.274 e.